The van der Waals surface area contributed by atoms with Gasteiger partial charge < -0.3 is 14.8 Å². The monoisotopic (exact) mass is 447 g/mol. The fourth-order valence-electron chi connectivity index (χ4n) is 4.19. The third-order valence-corrected chi connectivity index (χ3v) is 7.54. The number of aromatic nitrogens is 1. The van der Waals surface area contributed by atoms with Crippen LogP contribution in [0.5, 0.6) is 0 Å². The van der Waals surface area contributed by atoms with E-state index in [2.05, 4.69) is 10.2 Å². The minimum atomic E-state index is -0.100. The van der Waals surface area contributed by atoms with Crippen molar-refractivity contribution in [2.75, 3.05) is 24.2 Å². The minimum absolute atomic E-state index is 0.0792. The molecule has 1 amide bonds. The Balaban J connectivity index is 1.36. The van der Waals surface area contributed by atoms with Crippen LogP contribution in [0.15, 0.2) is 41.2 Å². The van der Waals surface area contributed by atoms with Crippen LogP contribution in [0.4, 0.5) is 5.69 Å². The predicted octanol–water partition coefficient (Wildman–Crippen LogP) is 3.89. The topological polar surface area (TPSA) is 54.3 Å². The van der Waals surface area contributed by atoms with Crippen molar-refractivity contribution in [3.05, 3.63) is 63.0 Å². The number of thiocarbonyl (C=S) groups is 1. The van der Waals surface area contributed by atoms with Crippen LogP contribution < -0.4 is 10.9 Å². The van der Waals surface area contributed by atoms with E-state index in [4.69, 9.17) is 23.8 Å². The Bertz CT molecular complexity index is 1020. The SMILES string of the molecule is Cc1c(Cl)cccc1NC(=O)CSC(=S)N1CC2CC(C1)c1cccc(=O)n1C2. The smallest absolute Gasteiger partial charge is 0.250 e. The first kappa shape index (κ1) is 20.4. The number of likely N-dealkylation sites (tertiary alicyclic amines) is 1. The molecule has 2 bridgehead atoms. The molecule has 2 aromatic rings. The number of benzene rings is 1. The normalized spacial score (nSPS) is 20.1. The molecule has 29 heavy (non-hydrogen) atoms. The van der Waals surface area contributed by atoms with E-state index in [1.807, 2.05) is 35.8 Å². The molecule has 0 spiro atoms. The largest absolute Gasteiger partial charge is 0.356 e. The second kappa shape index (κ2) is 8.50. The van der Waals surface area contributed by atoms with Crippen molar-refractivity contribution in [3.8, 4) is 0 Å². The average molecular weight is 448 g/mol. The molecular formula is C21H22ClN3O2S2. The lowest BCUT2D eigenvalue weighted by Gasteiger charge is -2.43. The van der Waals surface area contributed by atoms with Crippen LogP contribution in [0, 0.1) is 12.8 Å². The van der Waals surface area contributed by atoms with Gasteiger partial charge in [-0.25, -0.2) is 0 Å². The number of hydrogen-bond acceptors (Lipinski definition) is 4. The zero-order valence-corrected chi connectivity index (χ0v) is 18.4. The van der Waals surface area contributed by atoms with E-state index in [9.17, 15) is 9.59 Å². The molecule has 1 saturated heterocycles. The maximum Gasteiger partial charge on any atom is 0.250 e. The molecule has 1 aromatic carbocycles. The highest BCUT2D eigenvalue weighted by Crippen LogP contribution is 2.36. The molecule has 1 aromatic heterocycles. The van der Waals surface area contributed by atoms with E-state index in [0.717, 1.165) is 47.3 Å². The predicted molar refractivity (Wildman–Crippen MR) is 123 cm³/mol. The third-order valence-electron chi connectivity index (χ3n) is 5.61. The zero-order valence-electron chi connectivity index (χ0n) is 16.1. The highest BCUT2D eigenvalue weighted by atomic mass is 35.5. The molecule has 8 heteroatoms. The fourth-order valence-corrected chi connectivity index (χ4v) is 5.35. The number of thioether (sulfide) groups is 1. The van der Waals surface area contributed by atoms with Gasteiger partial charge in [-0.3, -0.25) is 9.59 Å². The Morgan fingerprint density at radius 1 is 1.24 bits per heavy atom. The summed E-state index contributed by atoms with van der Waals surface area (Å²) in [7, 11) is 0. The number of carbonyl (C=O) groups is 1. The Labute approximate surface area is 184 Å². The molecule has 5 nitrogen and oxygen atoms in total. The first-order valence-corrected chi connectivity index (χ1v) is 11.4. The van der Waals surface area contributed by atoms with Crippen LogP contribution in [0.3, 0.4) is 0 Å². The van der Waals surface area contributed by atoms with Gasteiger partial charge in [0.05, 0.1) is 5.75 Å². The Kier molecular flexibility index (Phi) is 5.99. The van der Waals surface area contributed by atoms with Crippen molar-refractivity contribution in [2.45, 2.75) is 25.8 Å². The summed E-state index contributed by atoms with van der Waals surface area (Å²) in [5.74, 6) is 0.865. The minimum Gasteiger partial charge on any atom is -0.356 e. The number of nitrogens with zero attached hydrogens (tertiary/aromatic N) is 2. The maximum absolute atomic E-state index is 12.4. The quantitative estimate of drug-likeness (QED) is 0.723. The number of halogens is 1. The lowest BCUT2D eigenvalue weighted by Crippen LogP contribution is -2.48. The Hall–Kier alpha value is -1.83. The van der Waals surface area contributed by atoms with Gasteiger partial charge in [0.2, 0.25) is 5.91 Å². The summed E-state index contributed by atoms with van der Waals surface area (Å²) in [6.45, 7) is 4.24. The molecule has 0 aliphatic carbocycles. The standard InChI is InChI=1S/C21H22ClN3O2S2/c1-13-16(22)4-2-5-17(13)23-19(26)12-29-21(28)24-9-14-8-15(11-24)18-6-3-7-20(27)25(18)10-14/h2-7,14-15H,8-12H2,1H3,(H,23,26). The maximum atomic E-state index is 12.4. The molecule has 2 aliphatic rings. The van der Waals surface area contributed by atoms with E-state index < -0.39 is 0 Å². The van der Waals surface area contributed by atoms with Crippen LogP contribution in [-0.4, -0.2) is 38.5 Å². The van der Waals surface area contributed by atoms with E-state index in [0.29, 0.717) is 16.9 Å². The Morgan fingerprint density at radius 3 is 2.86 bits per heavy atom. The summed E-state index contributed by atoms with van der Waals surface area (Å²) >= 11 is 13.1. The highest BCUT2D eigenvalue weighted by Gasteiger charge is 2.35. The van der Waals surface area contributed by atoms with Crippen LogP contribution >= 0.6 is 35.6 Å². The van der Waals surface area contributed by atoms with Gasteiger partial charge >= 0.3 is 0 Å². The highest BCUT2D eigenvalue weighted by molar-refractivity contribution is 8.23. The van der Waals surface area contributed by atoms with Gasteiger partial charge in [0.15, 0.2) is 0 Å². The summed E-state index contributed by atoms with van der Waals surface area (Å²) in [5, 5.41) is 3.54. The molecule has 2 aliphatic heterocycles. The zero-order chi connectivity index (χ0) is 20.5. The summed E-state index contributed by atoms with van der Waals surface area (Å²) in [6, 6.07) is 11.0. The summed E-state index contributed by atoms with van der Waals surface area (Å²) in [6.07, 6.45) is 1.09. The lowest BCUT2D eigenvalue weighted by molar-refractivity contribution is -0.113. The van der Waals surface area contributed by atoms with E-state index in [1.165, 1.54) is 11.8 Å². The van der Waals surface area contributed by atoms with E-state index in [1.54, 1.807) is 12.1 Å². The molecule has 0 saturated carbocycles. The van der Waals surface area contributed by atoms with Gasteiger partial charge in [-0.05, 0) is 43.0 Å². The number of anilines is 1. The number of pyridine rings is 1. The van der Waals surface area contributed by atoms with Gasteiger partial charge in [0.1, 0.15) is 4.32 Å². The average Bonchev–Trinajstić information content (AvgIpc) is 2.70. The van der Waals surface area contributed by atoms with Gasteiger partial charge in [-0.1, -0.05) is 47.7 Å². The molecule has 2 unspecified atom stereocenters. The summed E-state index contributed by atoms with van der Waals surface area (Å²) in [4.78, 5) is 26.7. The fraction of sp³-hybridized carbons (Fsp3) is 0.381. The van der Waals surface area contributed by atoms with Crippen molar-refractivity contribution in [2.24, 2.45) is 5.92 Å². The van der Waals surface area contributed by atoms with Crippen LogP contribution in [-0.2, 0) is 11.3 Å². The number of nitrogens with one attached hydrogen (secondary N) is 1. The second-order valence-electron chi connectivity index (χ2n) is 7.62. The van der Waals surface area contributed by atoms with Crippen LogP contribution in [0.2, 0.25) is 5.02 Å². The molecule has 152 valence electrons. The number of hydrogen-bond donors (Lipinski definition) is 1. The number of fused-ring (bicyclic) bond motifs is 4. The van der Waals surface area contributed by atoms with Gasteiger partial charge in [-0.15, -0.1) is 0 Å². The van der Waals surface area contributed by atoms with Crippen molar-refractivity contribution in [1.29, 1.82) is 0 Å². The van der Waals surface area contributed by atoms with Crippen molar-refractivity contribution in [1.82, 2.24) is 9.47 Å². The third kappa shape index (κ3) is 4.37. The summed E-state index contributed by atoms with van der Waals surface area (Å²) < 4.78 is 2.65. The van der Waals surface area contributed by atoms with Gasteiger partial charge in [-0.2, -0.15) is 0 Å². The molecule has 4 rings (SSSR count). The van der Waals surface area contributed by atoms with E-state index in [-0.39, 0.29) is 17.2 Å². The number of piperidine rings is 1. The molecule has 1 fully saturated rings. The summed E-state index contributed by atoms with van der Waals surface area (Å²) in [5.41, 5.74) is 2.76. The van der Waals surface area contributed by atoms with E-state index >= 15 is 0 Å². The van der Waals surface area contributed by atoms with Crippen molar-refractivity contribution in [3.63, 3.8) is 0 Å². The number of amides is 1. The molecule has 1 N–H and O–H groups in total. The lowest BCUT2D eigenvalue weighted by atomic mass is 9.83. The molecule has 0 radical (unpaired) electrons. The van der Waals surface area contributed by atoms with Crippen molar-refractivity contribution >= 4 is 51.5 Å². The number of carbonyl (C=O) groups excluding carboxylic acids is 1. The van der Waals surface area contributed by atoms with Gasteiger partial charge in [0.25, 0.3) is 5.56 Å². The van der Waals surface area contributed by atoms with Gasteiger partial charge in [0, 0.05) is 48.0 Å². The van der Waals surface area contributed by atoms with Crippen LogP contribution in [0.25, 0.3) is 0 Å². The Morgan fingerprint density at radius 2 is 2.03 bits per heavy atom. The second-order valence-corrected chi connectivity index (χ2v) is 9.63. The molecule has 2 atom stereocenters. The number of rotatable bonds is 3. The first-order valence-electron chi connectivity index (χ1n) is 9.59. The molecular weight excluding hydrogens is 426 g/mol. The van der Waals surface area contributed by atoms with Crippen molar-refractivity contribution < 1.29 is 4.79 Å². The van der Waals surface area contributed by atoms with Crippen LogP contribution in [0.1, 0.15) is 23.6 Å². The molecule has 3 heterocycles. The first-order chi connectivity index (χ1) is 13.9.